The number of nitrogens with zero attached hydrogens (tertiary/aromatic N) is 3. The standard InChI is InChI=1S/C13H19N3O2S/c1-11-14-10-12(19-11)2-3-13(18)16-6-4-15(5-7-16)8-9-17/h2-3,10,17H,4-9H2,1H3. The van der Waals surface area contributed by atoms with Crippen LogP contribution in [0.25, 0.3) is 6.08 Å². The molecule has 0 radical (unpaired) electrons. The lowest BCUT2D eigenvalue weighted by molar-refractivity contribution is -0.127. The molecule has 1 N–H and O–H groups in total. The second-order valence-corrected chi connectivity index (χ2v) is 5.77. The number of carbonyl (C=O) groups excluding carboxylic acids is 1. The summed E-state index contributed by atoms with van der Waals surface area (Å²) in [5, 5.41) is 9.87. The molecule has 0 bridgehead atoms. The summed E-state index contributed by atoms with van der Waals surface area (Å²) in [4.78, 5) is 21.2. The molecule has 1 aromatic rings. The van der Waals surface area contributed by atoms with Crippen LogP contribution in [0, 0.1) is 6.92 Å². The molecule has 1 amide bonds. The molecule has 2 heterocycles. The van der Waals surface area contributed by atoms with E-state index in [0.717, 1.165) is 36.1 Å². The number of aryl methyl sites for hydroxylation is 1. The number of piperazine rings is 1. The predicted octanol–water partition coefficient (Wildman–Crippen LogP) is 0.601. The van der Waals surface area contributed by atoms with Gasteiger partial charge in [-0.2, -0.15) is 0 Å². The van der Waals surface area contributed by atoms with E-state index in [9.17, 15) is 4.79 Å². The van der Waals surface area contributed by atoms with Gasteiger partial charge in [-0.1, -0.05) is 0 Å². The first-order valence-electron chi connectivity index (χ1n) is 6.41. The third kappa shape index (κ3) is 4.12. The molecule has 19 heavy (non-hydrogen) atoms. The molecule has 1 aromatic heterocycles. The zero-order chi connectivity index (χ0) is 13.7. The van der Waals surface area contributed by atoms with Crippen molar-refractivity contribution in [2.24, 2.45) is 0 Å². The summed E-state index contributed by atoms with van der Waals surface area (Å²) in [7, 11) is 0. The molecule has 0 aliphatic carbocycles. The fraction of sp³-hybridized carbons (Fsp3) is 0.538. The predicted molar refractivity (Wildman–Crippen MR) is 76.0 cm³/mol. The molecule has 104 valence electrons. The summed E-state index contributed by atoms with van der Waals surface area (Å²) in [5.74, 6) is 0.0506. The molecule has 1 fully saturated rings. The fourth-order valence-corrected chi connectivity index (χ4v) is 2.73. The van der Waals surface area contributed by atoms with Gasteiger partial charge in [0, 0.05) is 49.9 Å². The molecule has 2 rings (SSSR count). The minimum Gasteiger partial charge on any atom is -0.395 e. The van der Waals surface area contributed by atoms with E-state index < -0.39 is 0 Å². The lowest BCUT2D eigenvalue weighted by Crippen LogP contribution is -2.48. The lowest BCUT2D eigenvalue weighted by atomic mass is 10.3. The minimum atomic E-state index is 0.0506. The Hall–Kier alpha value is -1.24. The molecule has 1 aliphatic rings. The highest BCUT2D eigenvalue weighted by molar-refractivity contribution is 7.12. The van der Waals surface area contributed by atoms with E-state index in [-0.39, 0.29) is 12.5 Å². The van der Waals surface area contributed by atoms with Crippen LogP contribution in [0.15, 0.2) is 12.3 Å². The zero-order valence-electron chi connectivity index (χ0n) is 11.1. The number of thiazole rings is 1. The first-order valence-corrected chi connectivity index (χ1v) is 7.23. The van der Waals surface area contributed by atoms with Crippen LogP contribution in [-0.4, -0.2) is 65.1 Å². The van der Waals surface area contributed by atoms with E-state index in [0.29, 0.717) is 6.54 Å². The number of amides is 1. The Labute approximate surface area is 117 Å². The van der Waals surface area contributed by atoms with Crippen LogP contribution in [0.4, 0.5) is 0 Å². The zero-order valence-corrected chi connectivity index (χ0v) is 11.9. The normalized spacial score (nSPS) is 17.3. The minimum absolute atomic E-state index is 0.0506. The Balaban J connectivity index is 1.83. The number of aliphatic hydroxyl groups is 1. The van der Waals surface area contributed by atoms with Gasteiger partial charge in [0.05, 0.1) is 11.6 Å². The number of hydrogen-bond donors (Lipinski definition) is 1. The molecule has 0 unspecified atom stereocenters. The molecule has 1 saturated heterocycles. The number of hydrogen-bond acceptors (Lipinski definition) is 5. The van der Waals surface area contributed by atoms with Gasteiger partial charge in [0.15, 0.2) is 0 Å². The van der Waals surface area contributed by atoms with Crippen molar-refractivity contribution in [2.75, 3.05) is 39.3 Å². The lowest BCUT2D eigenvalue weighted by Gasteiger charge is -2.33. The summed E-state index contributed by atoms with van der Waals surface area (Å²) in [6, 6.07) is 0. The molecular formula is C13H19N3O2S. The Morgan fingerprint density at radius 1 is 1.47 bits per heavy atom. The Morgan fingerprint density at radius 3 is 2.79 bits per heavy atom. The molecule has 5 nitrogen and oxygen atoms in total. The maximum absolute atomic E-state index is 12.0. The first-order chi connectivity index (χ1) is 9.19. The van der Waals surface area contributed by atoms with Gasteiger partial charge < -0.3 is 10.0 Å². The van der Waals surface area contributed by atoms with Crippen molar-refractivity contribution in [3.63, 3.8) is 0 Å². The highest BCUT2D eigenvalue weighted by Gasteiger charge is 2.18. The quantitative estimate of drug-likeness (QED) is 0.821. The van der Waals surface area contributed by atoms with Crippen molar-refractivity contribution in [1.29, 1.82) is 0 Å². The van der Waals surface area contributed by atoms with E-state index in [4.69, 9.17) is 5.11 Å². The maximum atomic E-state index is 12.0. The van der Waals surface area contributed by atoms with Crippen LogP contribution in [0.2, 0.25) is 0 Å². The number of rotatable bonds is 4. The van der Waals surface area contributed by atoms with Crippen molar-refractivity contribution in [2.45, 2.75) is 6.92 Å². The molecule has 0 atom stereocenters. The second kappa shape index (κ2) is 6.79. The van der Waals surface area contributed by atoms with E-state index in [1.165, 1.54) is 0 Å². The molecule has 6 heteroatoms. The van der Waals surface area contributed by atoms with Crippen molar-refractivity contribution in [1.82, 2.24) is 14.8 Å². The van der Waals surface area contributed by atoms with Gasteiger partial charge in [0.25, 0.3) is 0 Å². The smallest absolute Gasteiger partial charge is 0.246 e. The highest BCUT2D eigenvalue weighted by Crippen LogP contribution is 2.13. The fourth-order valence-electron chi connectivity index (χ4n) is 2.05. The topological polar surface area (TPSA) is 56.7 Å². The van der Waals surface area contributed by atoms with Crippen molar-refractivity contribution in [3.05, 3.63) is 22.2 Å². The molecule has 0 spiro atoms. The van der Waals surface area contributed by atoms with Crippen LogP contribution in [0.3, 0.4) is 0 Å². The van der Waals surface area contributed by atoms with Crippen molar-refractivity contribution in [3.8, 4) is 0 Å². The second-order valence-electron chi connectivity index (χ2n) is 4.51. The maximum Gasteiger partial charge on any atom is 0.246 e. The number of β-amino-alcohol motifs (C(OH)–C–C–N with tert-alkyl or cyclic N) is 1. The van der Waals surface area contributed by atoms with E-state index in [2.05, 4.69) is 9.88 Å². The van der Waals surface area contributed by atoms with Gasteiger partial charge in [-0.15, -0.1) is 11.3 Å². The van der Waals surface area contributed by atoms with Crippen LogP contribution in [-0.2, 0) is 4.79 Å². The largest absolute Gasteiger partial charge is 0.395 e. The van der Waals surface area contributed by atoms with E-state index >= 15 is 0 Å². The summed E-state index contributed by atoms with van der Waals surface area (Å²) in [6.45, 7) is 5.94. The Morgan fingerprint density at radius 2 is 2.21 bits per heavy atom. The summed E-state index contributed by atoms with van der Waals surface area (Å²) in [5.41, 5.74) is 0. The van der Waals surface area contributed by atoms with Crippen LogP contribution in [0.1, 0.15) is 9.88 Å². The third-order valence-electron chi connectivity index (χ3n) is 3.13. The Kier molecular flexibility index (Phi) is 5.07. The number of aliphatic hydroxyl groups excluding tert-OH is 1. The highest BCUT2D eigenvalue weighted by atomic mass is 32.1. The molecular weight excluding hydrogens is 262 g/mol. The number of aromatic nitrogens is 1. The molecule has 0 saturated carbocycles. The summed E-state index contributed by atoms with van der Waals surface area (Å²) in [6.07, 6.45) is 5.23. The summed E-state index contributed by atoms with van der Waals surface area (Å²) >= 11 is 1.58. The van der Waals surface area contributed by atoms with Gasteiger partial charge in [0.2, 0.25) is 5.91 Å². The van der Waals surface area contributed by atoms with E-state index in [1.807, 2.05) is 17.9 Å². The van der Waals surface area contributed by atoms with Crippen LogP contribution in [0.5, 0.6) is 0 Å². The van der Waals surface area contributed by atoms with Gasteiger partial charge in [0.1, 0.15) is 0 Å². The van der Waals surface area contributed by atoms with Gasteiger partial charge >= 0.3 is 0 Å². The molecule has 0 aromatic carbocycles. The van der Waals surface area contributed by atoms with Crippen molar-refractivity contribution >= 4 is 23.3 Å². The van der Waals surface area contributed by atoms with Crippen LogP contribution >= 0.6 is 11.3 Å². The van der Waals surface area contributed by atoms with Crippen molar-refractivity contribution < 1.29 is 9.90 Å². The van der Waals surface area contributed by atoms with Gasteiger partial charge in [-0.3, -0.25) is 9.69 Å². The van der Waals surface area contributed by atoms with E-state index in [1.54, 1.807) is 23.6 Å². The third-order valence-corrected chi connectivity index (χ3v) is 4.01. The van der Waals surface area contributed by atoms with Crippen LogP contribution < -0.4 is 0 Å². The average Bonchev–Trinajstić information content (AvgIpc) is 2.83. The molecule has 1 aliphatic heterocycles. The average molecular weight is 281 g/mol. The SMILES string of the molecule is Cc1ncc(C=CC(=O)N2CCN(CCO)CC2)s1. The van der Waals surface area contributed by atoms with Gasteiger partial charge in [-0.25, -0.2) is 4.98 Å². The summed E-state index contributed by atoms with van der Waals surface area (Å²) < 4.78 is 0. The van der Waals surface area contributed by atoms with Gasteiger partial charge in [-0.05, 0) is 13.0 Å². The number of carbonyl (C=O) groups is 1. The first kappa shape index (κ1) is 14.2. The monoisotopic (exact) mass is 281 g/mol. The Bertz CT molecular complexity index is 450.